The molecule has 0 fully saturated rings. The third kappa shape index (κ3) is 4.02. The highest BCUT2D eigenvalue weighted by Gasteiger charge is 2.12. The molecule has 2 rings (SSSR count). The van der Waals surface area contributed by atoms with Crippen LogP contribution in [0.25, 0.3) is 0 Å². The number of anilines is 1. The molecule has 1 amide bonds. The Hall–Kier alpha value is -1.96. The van der Waals surface area contributed by atoms with E-state index < -0.39 is 0 Å². The summed E-state index contributed by atoms with van der Waals surface area (Å²) in [6.45, 7) is 3.79. The molecule has 2 heterocycles. The standard InChI is InChI=1S/C11H13N5O2S/c1-7-4-8(2)13-11(12-7)19-6-9(17)14-10-5-16(3)15-18-10/h4-5H,6H2,1-3H3/p+1. The number of rotatable bonds is 4. The Bertz CT molecular complexity index is 578. The third-order valence-electron chi connectivity index (χ3n) is 2.13. The lowest BCUT2D eigenvalue weighted by atomic mass is 10.4. The molecule has 0 unspecified atom stereocenters. The van der Waals surface area contributed by atoms with Crippen molar-refractivity contribution < 1.29 is 14.0 Å². The van der Waals surface area contributed by atoms with Crippen LogP contribution in [0.4, 0.5) is 5.88 Å². The van der Waals surface area contributed by atoms with Crippen LogP contribution in [0.15, 0.2) is 21.9 Å². The number of aryl methyl sites for hydroxylation is 3. The Morgan fingerprint density at radius 3 is 2.68 bits per heavy atom. The topological polar surface area (TPSA) is 84.8 Å². The number of carbonyl (C=O) groups excluding carboxylic acids is 1. The summed E-state index contributed by atoms with van der Waals surface area (Å²) in [6.07, 6.45) is 1.58. The second kappa shape index (κ2) is 5.79. The Morgan fingerprint density at radius 2 is 2.11 bits per heavy atom. The van der Waals surface area contributed by atoms with Gasteiger partial charge in [0.05, 0.1) is 5.75 Å². The second-order valence-electron chi connectivity index (χ2n) is 4.01. The van der Waals surface area contributed by atoms with E-state index in [1.54, 1.807) is 13.2 Å². The zero-order valence-electron chi connectivity index (χ0n) is 10.9. The highest BCUT2D eigenvalue weighted by molar-refractivity contribution is 7.99. The minimum absolute atomic E-state index is 0.190. The molecule has 8 heteroatoms. The molecule has 2 aromatic rings. The van der Waals surface area contributed by atoms with Crippen molar-refractivity contribution in [2.75, 3.05) is 11.1 Å². The SMILES string of the molecule is Cc1cc(C)nc(SCC(=O)Nc2c[n+](C)no2)n1. The van der Waals surface area contributed by atoms with Crippen LogP contribution in [0.3, 0.4) is 0 Å². The molecule has 0 saturated heterocycles. The molecular formula is C11H14N5O2S+. The van der Waals surface area contributed by atoms with Gasteiger partial charge in [-0.25, -0.2) is 9.97 Å². The fourth-order valence-electron chi connectivity index (χ4n) is 1.44. The molecule has 100 valence electrons. The summed E-state index contributed by atoms with van der Waals surface area (Å²) in [7, 11) is 1.71. The Balaban J connectivity index is 1.89. The van der Waals surface area contributed by atoms with Gasteiger partial charge in [-0.05, 0) is 19.9 Å². The fourth-order valence-corrected chi connectivity index (χ4v) is 2.19. The van der Waals surface area contributed by atoms with Crippen LogP contribution in [0.1, 0.15) is 11.4 Å². The van der Waals surface area contributed by atoms with E-state index >= 15 is 0 Å². The van der Waals surface area contributed by atoms with Crippen molar-refractivity contribution in [2.24, 2.45) is 7.05 Å². The van der Waals surface area contributed by atoms with E-state index in [2.05, 4.69) is 20.6 Å². The fraction of sp³-hybridized carbons (Fsp3) is 0.364. The monoisotopic (exact) mass is 280 g/mol. The van der Waals surface area contributed by atoms with Crippen molar-refractivity contribution in [1.82, 2.24) is 15.2 Å². The largest absolute Gasteiger partial charge is 0.302 e. The van der Waals surface area contributed by atoms with Crippen LogP contribution < -0.4 is 10.00 Å². The van der Waals surface area contributed by atoms with Crippen LogP contribution in [-0.2, 0) is 11.8 Å². The first-order chi connectivity index (χ1) is 9.02. The molecule has 0 aliphatic carbocycles. The number of nitrogens with one attached hydrogen (secondary N) is 1. The van der Waals surface area contributed by atoms with Crippen molar-refractivity contribution in [3.05, 3.63) is 23.7 Å². The van der Waals surface area contributed by atoms with Crippen molar-refractivity contribution in [3.8, 4) is 0 Å². The summed E-state index contributed by atoms with van der Waals surface area (Å²) in [6, 6.07) is 1.89. The first-order valence-corrected chi connectivity index (χ1v) is 6.59. The lowest BCUT2D eigenvalue weighted by Gasteiger charge is -2.02. The average molecular weight is 280 g/mol. The van der Waals surface area contributed by atoms with Gasteiger partial charge in [-0.15, -0.1) is 0 Å². The number of hydrogen-bond acceptors (Lipinski definition) is 6. The Labute approximate surface area is 114 Å². The molecule has 0 aromatic carbocycles. The number of hydrogen-bond donors (Lipinski definition) is 1. The molecule has 0 aliphatic heterocycles. The van der Waals surface area contributed by atoms with Gasteiger partial charge in [0.25, 0.3) is 6.20 Å². The lowest BCUT2D eigenvalue weighted by molar-refractivity contribution is -0.739. The average Bonchev–Trinajstić information content (AvgIpc) is 2.71. The highest BCUT2D eigenvalue weighted by Crippen LogP contribution is 2.14. The van der Waals surface area contributed by atoms with Crippen molar-refractivity contribution in [2.45, 2.75) is 19.0 Å². The van der Waals surface area contributed by atoms with Gasteiger partial charge in [0, 0.05) is 11.4 Å². The minimum atomic E-state index is -0.190. The summed E-state index contributed by atoms with van der Waals surface area (Å²) in [5.74, 6) is 0.340. The van der Waals surface area contributed by atoms with Crippen molar-refractivity contribution in [1.29, 1.82) is 0 Å². The number of aromatic nitrogens is 4. The van der Waals surface area contributed by atoms with Crippen LogP contribution in [0.5, 0.6) is 0 Å². The smallest absolute Gasteiger partial charge is 0.288 e. The quantitative estimate of drug-likeness (QED) is 0.502. The maximum atomic E-state index is 11.7. The van der Waals surface area contributed by atoms with E-state index in [1.807, 2.05) is 19.9 Å². The first-order valence-electron chi connectivity index (χ1n) is 5.60. The maximum Gasteiger partial charge on any atom is 0.302 e. The van der Waals surface area contributed by atoms with E-state index in [1.165, 1.54) is 16.4 Å². The number of amides is 1. The summed E-state index contributed by atoms with van der Waals surface area (Å²) in [5, 5.41) is 6.80. The number of thioether (sulfide) groups is 1. The third-order valence-corrected chi connectivity index (χ3v) is 2.98. The molecule has 0 aliphatic rings. The summed E-state index contributed by atoms with van der Waals surface area (Å²) in [4.78, 5) is 20.2. The predicted molar refractivity (Wildman–Crippen MR) is 68.5 cm³/mol. The molecule has 0 bridgehead atoms. The van der Waals surface area contributed by atoms with Crippen LogP contribution in [0, 0.1) is 13.8 Å². The first kappa shape index (κ1) is 13.5. The zero-order valence-corrected chi connectivity index (χ0v) is 11.7. The molecule has 0 saturated carbocycles. The normalized spacial score (nSPS) is 10.5. The molecule has 0 radical (unpaired) electrons. The lowest BCUT2D eigenvalue weighted by Crippen LogP contribution is -2.28. The van der Waals surface area contributed by atoms with E-state index in [0.717, 1.165) is 11.4 Å². The number of carbonyl (C=O) groups is 1. The molecule has 7 nitrogen and oxygen atoms in total. The van der Waals surface area contributed by atoms with Crippen LogP contribution >= 0.6 is 11.8 Å². The van der Waals surface area contributed by atoms with Gasteiger partial charge >= 0.3 is 5.88 Å². The predicted octanol–water partition coefficient (Wildman–Crippen LogP) is 0.637. The second-order valence-corrected chi connectivity index (χ2v) is 4.95. The molecule has 2 aromatic heterocycles. The summed E-state index contributed by atoms with van der Waals surface area (Å²) in [5.41, 5.74) is 1.77. The Morgan fingerprint density at radius 1 is 1.42 bits per heavy atom. The van der Waals surface area contributed by atoms with E-state index in [4.69, 9.17) is 4.52 Å². The molecule has 0 atom stereocenters. The number of nitrogens with zero attached hydrogens (tertiary/aromatic N) is 4. The zero-order chi connectivity index (χ0) is 13.8. The minimum Gasteiger partial charge on any atom is -0.288 e. The van der Waals surface area contributed by atoms with Gasteiger partial charge < -0.3 is 0 Å². The molecule has 19 heavy (non-hydrogen) atoms. The molecule has 0 spiro atoms. The molecule has 1 N–H and O–H groups in total. The van der Waals surface area contributed by atoms with Gasteiger partial charge in [-0.3, -0.25) is 14.6 Å². The van der Waals surface area contributed by atoms with E-state index in [0.29, 0.717) is 11.0 Å². The van der Waals surface area contributed by atoms with Crippen molar-refractivity contribution >= 4 is 23.6 Å². The van der Waals surface area contributed by atoms with E-state index in [-0.39, 0.29) is 11.7 Å². The summed E-state index contributed by atoms with van der Waals surface area (Å²) < 4.78 is 6.33. The Kier molecular flexibility index (Phi) is 4.10. The summed E-state index contributed by atoms with van der Waals surface area (Å²) >= 11 is 1.28. The highest BCUT2D eigenvalue weighted by atomic mass is 32.2. The van der Waals surface area contributed by atoms with Crippen LogP contribution in [-0.4, -0.2) is 26.9 Å². The maximum absolute atomic E-state index is 11.7. The van der Waals surface area contributed by atoms with Gasteiger partial charge in [-0.2, -0.15) is 0 Å². The van der Waals surface area contributed by atoms with Gasteiger partial charge in [0.1, 0.15) is 0 Å². The van der Waals surface area contributed by atoms with Gasteiger partial charge in [0.15, 0.2) is 17.5 Å². The van der Waals surface area contributed by atoms with Crippen molar-refractivity contribution in [3.63, 3.8) is 0 Å². The van der Waals surface area contributed by atoms with Gasteiger partial charge in [-0.1, -0.05) is 16.4 Å². The van der Waals surface area contributed by atoms with E-state index in [9.17, 15) is 4.79 Å². The molecular weight excluding hydrogens is 266 g/mol. The van der Waals surface area contributed by atoms with Crippen LogP contribution in [0.2, 0.25) is 0 Å². The van der Waals surface area contributed by atoms with Gasteiger partial charge in [0.2, 0.25) is 5.91 Å².